The first-order valence-corrected chi connectivity index (χ1v) is 8.52. The number of halogens is 5. The molecule has 1 saturated heterocycles. The summed E-state index contributed by atoms with van der Waals surface area (Å²) in [6.07, 6.45) is -3.46. The molecule has 0 saturated carbocycles. The fraction of sp³-hybridized carbons (Fsp3) is 0.615. The summed E-state index contributed by atoms with van der Waals surface area (Å²) >= 11 is 5.02. The van der Waals surface area contributed by atoms with E-state index >= 15 is 0 Å². The molecule has 1 aliphatic rings. The smallest absolute Gasteiger partial charge is 0.352 e. The lowest BCUT2D eigenvalue weighted by atomic mass is 10.3. The van der Waals surface area contributed by atoms with Gasteiger partial charge in [0.05, 0.1) is 13.1 Å². The maximum Gasteiger partial charge on any atom is 0.401 e. The molecular formula is C13H19BrF3IN4S. The maximum atomic E-state index is 12.4. The zero-order chi connectivity index (χ0) is 16.2. The Kier molecular flexibility index (Phi) is 8.59. The number of hydrogen-bond acceptors (Lipinski definition) is 3. The van der Waals surface area contributed by atoms with Crippen LogP contribution in [0.25, 0.3) is 0 Å². The summed E-state index contributed by atoms with van der Waals surface area (Å²) in [6.45, 7) is 0.617. The van der Waals surface area contributed by atoms with Crippen molar-refractivity contribution < 1.29 is 13.2 Å². The number of hydrogen-bond donors (Lipinski definition) is 2. The molecular weight excluding hydrogens is 508 g/mol. The van der Waals surface area contributed by atoms with Crippen molar-refractivity contribution in [3.05, 3.63) is 20.8 Å². The van der Waals surface area contributed by atoms with Crippen molar-refractivity contribution in [1.82, 2.24) is 15.5 Å². The van der Waals surface area contributed by atoms with E-state index in [0.29, 0.717) is 32.0 Å². The van der Waals surface area contributed by atoms with Crippen LogP contribution in [0.5, 0.6) is 0 Å². The predicted octanol–water partition coefficient (Wildman–Crippen LogP) is 3.43. The Balaban J connectivity index is 0.00000264. The van der Waals surface area contributed by atoms with E-state index in [4.69, 9.17) is 0 Å². The topological polar surface area (TPSA) is 39.7 Å². The van der Waals surface area contributed by atoms with Gasteiger partial charge in [0, 0.05) is 40.9 Å². The van der Waals surface area contributed by atoms with Crippen LogP contribution in [-0.2, 0) is 6.54 Å². The van der Waals surface area contributed by atoms with Crippen molar-refractivity contribution in [2.75, 3.05) is 26.7 Å². The first kappa shape index (κ1) is 21.0. The van der Waals surface area contributed by atoms with Gasteiger partial charge in [0.25, 0.3) is 0 Å². The summed E-state index contributed by atoms with van der Waals surface area (Å²) in [5, 5.41) is 8.36. The summed E-state index contributed by atoms with van der Waals surface area (Å²) in [5.74, 6) is 0.614. The molecule has 0 bridgehead atoms. The Labute approximate surface area is 163 Å². The van der Waals surface area contributed by atoms with Crippen molar-refractivity contribution in [2.24, 2.45) is 4.99 Å². The van der Waals surface area contributed by atoms with Crippen LogP contribution in [0.15, 0.2) is 20.9 Å². The number of thiophene rings is 1. The summed E-state index contributed by atoms with van der Waals surface area (Å²) in [7, 11) is 1.65. The van der Waals surface area contributed by atoms with Crippen LogP contribution in [0, 0.1) is 0 Å². The Hall–Kier alpha value is -0.0700. The summed E-state index contributed by atoms with van der Waals surface area (Å²) < 4.78 is 38.2. The van der Waals surface area contributed by atoms with Crippen molar-refractivity contribution in [2.45, 2.75) is 25.2 Å². The van der Waals surface area contributed by atoms with Gasteiger partial charge in [0.15, 0.2) is 5.96 Å². The molecule has 1 atom stereocenters. The molecule has 0 aromatic carbocycles. The third-order valence-corrected chi connectivity index (χ3v) is 4.99. The van der Waals surface area contributed by atoms with Crippen molar-refractivity contribution >= 4 is 57.2 Å². The van der Waals surface area contributed by atoms with E-state index in [1.165, 1.54) is 4.90 Å². The van der Waals surface area contributed by atoms with E-state index in [9.17, 15) is 13.2 Å². The second kappa shape index (κ2) is 9.42. The van der Waals surface area contributed by atoms with Gasteiger partial charge >= 0.3 is 6.18 Å². The van der Waals surface area contributed by atoms with Crippen LogP contribution in [0.2, 0.25) is 0 Å². The number of aliphatic imine (C=N–C) groups is 1. The van der Waals surface area contributed by atoms with E-state index in [-0.39, 0.29) is 30.0 Å². The first-order valence-electron chi connectivity index (χ1n) is 6.85. The van der Waals surface area contributed by atoms with Gasteiger partial charge in [0.2, 0.25) is 0 Å². The number of guanidine groups is 1. The normalized spacial score (nSPS) is 19.5. The molecule has 2 heterocycles. The van der Waals surface area contributed by atoms with Gasteiger partial charge in [-0.2, -0.15) is 13.2 Å². The zero-order valence-electron chi connectivity index (χ0n) is 12.5. The van der Waals surface area contributed by atoms with Gasteiger partial charge < -0.3 is 10.6 Å². The summed E-state index contributed by atoms with van der Waals surface area (Å²) in [6, 6.07) is 2.01. The van der Waals surface area contributed by atoms with Gasteiger partial charge in [-0.1, -0.05) is 0 Å². The first-order chi connectivity index (χ1) is 10.4. The van der Waals surface area contributed by atoms with E-state index in [0.717, 1.165) is 9.35 Å². The summed E-state index contributed by atoms with van der Waals surface area (Å²) in [5.41, 5.74) is 0. The fourth-order valence-electron chi connectivity index (χ4n) is 2.35. The van der Waals surface area contributed by atoms with E-state index in [2.05, 4.69) is 31.6 Å². The monoisotopic (exact) mass is 526 g/mol. The molecule has 10 heteroatoms. The average molecular weight is 527 g/mol. The molecule has 23 heavy (non-hydrogen) atoms. The Bertz CT molecular complexity index is 524. The van der Waals surface area contributed by atoms with Crippen LogP contribution in [0.4, 0.5) is 13.2 Å². The van der Waals surface area contributed by atoms with Gasteiger partial charge in [0.1, 0.15) is 0 Å². The van der Waals surface area contributed by atoms with Gasteiger partial charge in [-0.3, -0.25) is 9.89 Å². The van der Waals surface area contributed by atoms with Gasteiger partial charge in [-0.15, -0.1) is 35.3 Å². The van der Waals surface area contributed by atoms with E-state index in [1.807, 2.05) is 11.4 Å². The molecule has 0 spiro atoms. The number of alkyl halides is 3. The summed E-state index contributed by atoms with van der Waals surface area (Å²) in [4.78, 5) is 6.69. The van der Waals surface area contributed by atoms with Crippen LogP contribution in [0.3, 0.4) is 0 Å². The second-order valence-corrected chi connectivity index (χ2v) is 7.05. The quantitative estimate of drug-likeness (QED) is 0.359. The minimum atomic E-state index is -4.14. The molecule has 0 aliphatic carbocycles. The standard InChI is InChI=1S/C13H18BrF3N4S.HI/c1-18-12(19-5-11-4-9(14)7-22-11)20-10-2-3-21(6-10)8-13(15,16)17;/h4,7,10H,2-3,5-6,8H2,1H3,(H2,18,19,20);1H. The lowest BCUT2D eigenvalue weighted by molar-refractivity contribution is -0.143. The third kappa shape index (κ3) is 7.57. The van der Waals surface area contributed by atoms with E-state index in [1.54, 1.807) is 18.4 Å². The predicted molar refractivity (Wildman–Crippen MR) is 102 cm³/mol. The molecule has 1 fully saturated rings. The lowest BCUT2D eigenvalue weighted by Gasteiger charge is -2.19. The highest BCUT2D eigenvalue weighted by Gasteiger charge is 2.34. The largest absolute Gasteiger partial charge is 0.401 e. The molecule has 2 rings (SSSR count). The Morgan fingerprint density at radius 1 is 1.52 bits per heavy atom. The fourth-order valence-corrected chi connectivity index (χ4v) is 3.74. The lowest BCUT2D eigenvalue weighted by Crippen LogP contribution is -2.44. The Morgan fingerprint density at radius 2 is 2.26 bits per heavy atom. The number of rotatable bonds is 4. The van der Waals surface area contributed by atoms with Crippen molar-refractivity contribution in [3.8, 4) is 0 Å². The SMILES string of the molecule is CN=C(NCc1cc(Br)cs1)NC1CCN(CC(F)(F)F)C1.I. The van der Waals surface area contributed by atoms with Crippen LogP contribution in [-0.4, -0.2) is 49.8 Å². The highest BCUT2D eigenvalue weighted by Crippen LogP contribution is 2.20. The molecule has 1 aromatic heterocycles. The zero-order valence-corrected chi connectivity index (χ0v) is 17.2. The molecule has 2 N–H and O–H groups in total. The average Bonchev–Trinajstić information content (AvgIpc) is 3.02. The second-order valence-electron chi connectivity index (χ2n) is 5.14. The third-order valence-electron chi connectivity index (χ3n) is 3.29. The van der Waals surface area contributed by atoms with Gasteiger partial charge in [-0.25, -0.2) is 0 Å². The number of nitrogens with zero attached hydrogens (tertiary/aromatic N) is 2. The van der Waals surface area contributed by atoms with E-state index < -0.39 is 12.7 Å². The minimum Gasteiger partial charge on any atom is -0.352 e. The number of nitrogens with one attached hydrogen (secondary N) is 2. The van der Waals surface area contributed by atoms with Gasteiger partial charge in [-0.05, 0) is 28.4 Å². The highest BCUT2D eigenvalue weighted by molar-refractivity contribution is 14.0. The molecule has 1 aromatic rings. The number of likely N-dealkylation sites (tertiary alicyclic amines) is 1. The maximum absolute atomic E-state index is 12.4. The molecule has 0 amide bonds. The highest BCUT2D eigenvalue weighted by atomic mass is 127. The molecule has 4 nitrogen and oxygen atoms in total. The van der Waals surface area contributed by atoms with Crippen molar-refractivity contribution in [3.63, 3.8) is 0 Å². The molecule has 132 valence electrons. The molecule has 1 aliphatic heterocycles. The van der Waals surface area contributed by atoms with Crippen molar-refractivity contribution in [1.29, 1.82) is 0 Å². The Morgan fingerprint density at radius 3 is 2.83 bits per heavy atom. The molecule has 0 radical (unpaired) electrons. The minimum absolute atomic E-state index is 0. The van der Waals surface area contributed by atoms with Crippen LogP contribution < -0.4 is 10.6 Å². The van der Waals surface area contributed by atoms with Crippen LogP contribution >= 0.6 is 51.2 Å². The van der Waals surface area contributed by atoms with Crippen LogP contribution in [0.1, 0.15) is 11.3 Å². The molecule has 1 unspecified atom stereocenters.